The third-order valence-corrected chi connectivity index (χ3v) is 11.7. The Balaban J connectivity index is 1.73. The van der Waals surface area contributed by atoms with Crippen molar-refractivity contribution in [2.45, 2.75) is 54.9 Å². The fourth-order valence-corrected chi connectivity index (χ4v) is 9.04. The molecule has 0 radical (unpaired) electrons. The second-order valence-electron chi connectivity index (χ2n) is 9.88. The summed E-state index contributed by atoms with van der Waals surface area (Å²) in [4.78, 5) is 16.1. The molecule has 2 heterocycles. The first-order chi connectivity index (χ1) is 17.7. The first-order valence-corrected chi connectivity index (χ1v) is 16.1. The minimum absolute atomic E-state index is 0.137. The van der Waals surface area contributed by atoms with E-state index in [-0.39, 0.29) is 15.8 Å². The minimum atomic E-state index is -3.80. The molecule has 1 atom stereocenters. The Kier molecular flexibility index (Phi) is 7.42. The van der Waals surface area contributed by atoms with Crippen molar-refractivity contribution in [1.82, 2.24) is 4.31 Å². The van der Waals surface area contributed by atoms with E-state index in [1.54, 1.807) is 36.1 Å². The van der Waals surface area contributed by atoms with Crippen molar-refractivity contribution < 1.29 is 18.3 Å². The smallest absolute Gasteiger partial charge is 0.346 e. The molecular formula is C28H32N2O4S3. The SMILES string of the molecule is CSc1cc2c(cc1-c1cc(C)c(C(=O)O)s1)S(=O)(=O)N(C)[C@H](C1CCCCC1)CN2c1ccccc1. The average Bonchev–Trinajstić information content (AvgIpc) is 3.27. The van der Waals surface area contributed by atoms with Gasteiger partial charge in [0.1, 0.15) is 9.77 Å². The molecule has 2 aromatic carbocycles. The molecule has 37 heavy (non-hydrogen) atoms. The highest BCUT2D eigenvalue weighted by atomic mass is 32.2. The summed E-state index contributed by atoms with van der Waals surface area (Å²) >= 11 is 2.74. The number of nitrogens with zero attached hydrogens (tertiary/aromatic N) is 2. The van der Waals surface area contributed by atoms with Gasteiger partial charge in [-0.05, 0) is 67.8 Å². The Morgan fingerprint density at radius 3 is 2.41 bits per heavy atom. The summed E-state index contributed by atoms with van der Waals surface area (Å²) in [7, 11) is -2.07. The zero-order chi connectivity index (χ0) is 26.3. The normalized spacial score (nSPS) is 20.4. The maximum Gasteiger partial charge on any atom is 0.346 e. The molecule has 196 valence electrons. The van der Waals surface area contributed by atoms with E-state index >= 15 is 0 Å². The van der Waals surface area contributed by atoms with Crippen LogP contribution in [0.15, 0.2) is 58.3 Å². The molecule has 1 N–H and O–H groups in total. The highest BCUT2D eigenvalue weighted by molar-refractivity contribution is 7.98. The molecular weight excluding hydrogens is 525 g/mol. The van der Waals surface area contributed by atoms with Crippen LogP contribution in [0.2, 0.25) is 0 Å². The van der Waals surface area contributed by atoms with Crippen LogP contribution in [0, 0.1) is 12.8 Å². The van der Waals surface area contributed by atoms with Crippen LogP contribution in [0.1, 0.15) is 47.3 Å². The third kappa shape index (κ3) is 4.82. The third-order valence-electron chi connectivity index (χ3n) is 7.70. The number of carboxylic acids is 1. The number of fused-ring (bicyclic) bond motifs is 1. The quantitative estimate of drug-likeness (QED) is 0.346. The van der Waals surface area contributed by atoms with Crippen LogP contribution < -0.4 is 4.90 Å². The van der Waals surface area contributed by atoms with Gasteiger partial charge >= 0.3 is 5.97 Å². The Hall–Kier alpha value is -2.33. The molecule has 0 amide bonds. The second-order valence-corrected chi connectivity index (χ2v) is 13.7. The van der Waals surface area contributed by atoms with Crippen LogP contribution in [0.5, 0.6) is 0 Å². The number of aromatic carboxylic acids is 1. The number of carbonyl (C=O) groups is 1. The van der Waals surface area contributed by atoms with Gasteiger partial charge in [0.05, 0.1) is 5.69 Å². The fourth-order valence-electron chi connectivity index (χ4n) is 5.71. The predicted molar refractivity (Wildman–Crippen MR) is 152 cm³/mol. The number of hydrogen-bond acceptors (Lipinski definition) is 6. The number of likely N-dealkylation sites (N-methyl/N-ethyl adjacent to an activating group) is 1. The lowest BCUT2D eigenvalue weighted by atomic mass is 9.83. The number of para-hydroxylation sites is 1. The molecule has 1 aromatic heterocycles. The summed E-state index contributed by atoms with van der Waals surface area (Å²) in [6, 6.07) is 15.5. The van der Waals surface area contributed by atoms with Crippen molar-refractivity contribution in [2.24, 2.45) is 5.92 Å². The van der Waals surface area contributed by atoms with E-state index in [1.807, 2.05) is 48.7 Å². The van der Waals surface area contributed by atoms with Gasteiger partial charge in [-0.2, -0.15) is 4.31 Å². The first kappa shape index (κ1) is 26.3. The lowest BCUT2D eigenvalue weighted by Gasteiger charge is -2.36. The number of aryl methyl sites for hydroxylation is 1. The van der Waals surface area contributed by atoms with E-state index in [4.69, 9.17) is 0 Å². The standard InChI is InChI=1S/C28H32N2O4S3/c1-18-14-25(36-27(18)28(31)32)21-15-26-22(16-24(21)35-3)30(20-12-8-5-9-13-20)17-23(29(2)37(26,33)34)19-10-6-4-7-11-19/h5,8-9,12-16,19,23H,4,6-7,10-11,17H2,1-3H3,(H,31,32)/t23-/m0/s1. The molecule has 2 aliphatic rings. The number of sulfonamides is 1. The fraction of sp³-hybridized carbons (Fsp3) is 0.393. The number of carboxylic acid groups (broad SMARTS) is 1. The molecule has 5 rings (SSSR count). The van der Waals surface area contributed by atoms with Gasteiger partial charge in [0.2, 0.25) is 10.0 Å². The highest BCUT2D eigenvalue weighted by Gasteiger charge is 2.41. The maximum atomic E-state index is 14.2. The zero-order valence-corrected chi connectivity index (χ0v) is 23.8. The van der Waals surface area contributed by atoms with Crippen molar-refractivity contribution in [3.05, 3.63) is 59.0 Å². The average molecular weight is 557 g/mol. The van der Waals surface area contributed by atoms with Crippen molar-refractivity contribution in [2.75, 3.05) is 24.7 Å². The number of thioether (sulfide) groups is 1. The van der Waals surface area contributed by atoms with Gasteiger partial charge in [0, 0.05) is 40.7 Å². The van der Waals surface area contributed by atoms with Gasteiger partial charge < -0.3 is 10.0 Å². The van der Waals surface area contributed by atoms with Gasteiger partial charge in [-0.25, -0.2) is 13.2 Å². The van der Waals surface area contributed by atoms with Crippen molar-refractivity contribution in [1.29, 1.82) is 0 Å². The molecule has 0 spiro atoms. The molecule has 0 unspecified atom stereocenters. The zero-order valence-electron chi connectivity index (χ0n) is 21.3. The predicted octanol–water partition coefficient (Wildman–Crippen LogP) is 6.86. The number of benzene rings is 2. The Labute approximate surface area is 227 Å². The highest BCUT2D eigenvalue weighted by Crippen LogP contribution is 2.46. The van der Waals surface area contributed by atoms with Crippen LogP contribution in [0.25, 0.3) is 10.4 Å². The van der Waals surface area contributed by atoms with E-state index in [9.17, 15) is 18.3 Å². The molecule has 1 fully saturated rings. The van der Waals surface area contributed by atoms with E-state index < -0.39 is 16.0 Å². The van der Waals surface area contributed by atoms with E-state index in [1.165, 1.54) is 17.8 Å². The molecule has 0 bridgehead atoms. The summed E-state index contributed by atoms with van der Waals surface area (Å²) in [6.45, 7) is 2.37. The maximum absolute atomic E-state index is 14.2. The Morgan fingerprint density at radius 1 is 1.08 bits per heavy atom. The van der Waals surface area contributed by atoms with Crippen molar-refractivity contribution in [3.8, 4) is 10.4 Å². The lowest BCUT2D eigenvalue weighted by Crippen LogP contribution is -2.46. The number of thiophene rings is 1. The topological polar surface area (TPSA) is 77.9 Å². The lowest BCUT2D eigenvalue weighted by molar-refractivity contribution is 0.0701. The van der Waals surface area contributed by atoms with E-state index in [0.29, 0.717) is 23.7 Å². The molecule has 0 saturated heterocycles. The monoisotopic (exact) mass is 556 g/mol. The first-order valence-electron chi connectivity index (χ1n) is 12.6. The molecule has 9 heteroatoms. The summed E-state index contributed by atoms with van der Waals surface area (Å²) < 4.78 is 30.0. The molecule has 1 aliphatic carbocycles. The van der Waals surface area contributed by atoms with Gasteiger partial charge in [-0.15, -0.1) is 23.1 Å². The van der Waals surface area contributed by atoms with Gasteiger partial charge in [0.15, 0.2) is 0 Å². The number of hydrogen-bond donors (Lipinski definition) is 1. The Bertz CT molecular complexity index is 1410. The van der Waals surface area contributed by atoms with Crippen LogP contribution in [0.3, 0.4) is 0 Å². The summed E-state index contributed by atoms with van der Waals surface area (Å²) in [5.41, 5.74) is 3.08. The minimum Gasteiger partial charge on any atom is -0.477 e. The second kappa shape index (κ2) is 10.4. The molecule has 1 aliphatic heterocycles. The molecule has 3 aromatic rings. The van der Waals surface area contributed by atoms with Crippen LogP contribution in [0.4, 0.5) is 11.4 Å². The van der Waals surface area contributed by atoms with Crippen molar-refractivity contribution in [3.63, 3.8) is 0 Å². The van der Waals surface area contributed by atoms with E-state index in [2.05, 4.69) is 4.90 Å². The number of anilines is 2. The van der Waals surface area contributed by atoms with Crippen molar-refractivity contribution >= 4 is 50.5 Å². The summed E-state index contributed by atoms with van der Waals surface area (Å²) in [5, 5.41) is 9.61. The van der Waals surface area contributed by atoms with E-state index in [0.717, 1.165) is 46.7 Å². The van der Waals surface area contributed by atoms with Crippen LogP contribution in [-0.2, 0) is 10.0 Å². The van der Waals surface area contributed by atoms with Gasteiger partial charge in [0.25, 0.3) is 0 Å². The Morgan fingerprint density at radius 2 is 1.78 bits per heavy atom. The van der Waals surface area contributed by atoms with Gasteiger partial charge in [-0.3, -0.25) is 0 Å². The molecule has 6 nitrogen and oxygen atoms in total. The summed E-state index contributed by atoms with van der Waals surface area (Å²) in [6.07, 6.45) is 7.53. The number of rotatable bonds is 5. The van der Waals surface area contributed by atoms with Crippen LogP contribution >= 0.6 is 23.1 Å². The summed E-state index contributed by atoms with van der Waals surface area (Å²) in [5.74, 6) is -0.654. The molecule has 1 saturated carbocycles. The van der Waals surface area contributed by atoms with Gasteiger partial charge in [-0.1, -0.05) is 37.5 Å². The largest absolute Gasteiger partial charge is 0.477 e. The van der Waals surface area contributed by atoms with Crippen LogP contribution in [-0.4, -0.2) is 49.7 Å².